The number of hydrogen-bond donors (Lipinski definition) is 4. The number of nitrogens with zero attached hydrogens (tertiary/aromatic N) is 4. The van der Waals surface area contributed by atoms with Gasteiger partial charge in [-0.3, -0.25) is 9.56 Å². The van der Waals surface area contributed by atoms with E-state index in [1.807, 2.05) is 39.8 Å². The molecule has 268 valence electrons. The van der Waals surface area contributed by atoms with E-state index in [-0.39, 0.29) is 23.1 Å². The molecular weight excluding hydrogens is 659 g/mol. The first-order chi connectivity index (χ1) is 23.7. The first kappa shape index (κ1) is 38.1. The van der Waals surface area contributed by atoms with Gasteiger partial charge in [-0.25, -0.2) is 14.0 Å². The number of aryl methyl sites for hydroxylation is 1. The number of aliphatic imine (C=N–C) groups is 1. The van der Waals surface area contributed by atoms with Crippen molar-refractivity contribution in [2.24, 2.45) is 22.2 Å². The van der Waals surface area contributed by atoms with Gasteiger partial charge in [0.1, 0.15) is 11.2 Å². The maximum Gasteiger partial charge on any atom is 0.410 e. The summed E-state index contributed by atoms with van der Waals surface area (Å²) in [5, 5.41) is 0.636. The van der Waals surface area contributed by atoms with Crippen LogP contribution in [0.3, 0.4) is 0 Å². The van der Waals surface area contributed by atoms with Crippen LogP contribution in [0.2, 0.25) is 5.02 Å². The number of halogens is 2. The number of allylic oxidation sites excluding steroid dienone is 1. The number of rotatable bonds is 15. The third kappa shape index (κ3) is 10.2. The lowest BCUT2D eigenvalue weighted by Gasteiger charge is -2.34. The number of ether oxygens (including phenoxy) is 1. The smallest absolute Gasteiger partial charge is 0.410 e. The Bertz CT molecular complexity index is 1870. The number of aromatic nitrogens is 3. The van der Waals surface area contributed by atoms with Crippen LogP contribution in [0.25, 0.3) is 28.0 Å². The van der Waals surface area contributed by atoms with E-state index in [2.05, 4.69) is 21.5 Å². The number of nitrogens with one attached hydrogen (secondary N) is 1. The van der Waals surface area contributed by atoms with Gasteiger partial charge in [0.15, 0.2) is 11.8 Å². The number of H-pyrrole nitrogens is 1. The van der Waals surface area contributed by atoms with Gasteiger partial charge in [-0.1, -0.05) is 29.8 Å². The summed E-state index contributed by atoms with van der Waals surface area (Å²) in [6.45, 7) is 12.0. The molecule has 2 aromatic heterocycles. The molecule has 0 saturated carbocycles. The fourth-order valence-electron chi connectivity index (χ4n) is 5.72. The van der Waals surface area contributed by atoms with Crippen molar-refractivity contribution in [1.82, 2.24) is 19.4 Å². The van der Waals surface area contributed by atoms with Crippen LogP contribution in [0.1, 0.15) is 77.0 Å². The average Bonchev–Trinajstić information content (AvgIpc) is 3.45. The standard InChI is InChI=1S/C37H48ClFN8O3/c1-6-7-12-31(46(18-9-17-43-34(41)42)36(49)50-37(3,4)5)25-13-15-27(16-14-25)47-22-26-21-30(44-33(26)45-35(47)48)28-19-24(11-8-10-23(2)40)20-29(38)32(28)39/h6,13-16,19-23,31H,1,7-12,17-18,40H2,2-5H3,(H4,41,42,43)(H,44,45,48)/t23-,31-/m0/s1. The summed E-state index contributed by atoms with van der Waals surface area (Å²) in [5.74, 6) is -0.566. The zero-order valence-corrected chi connectivity index (χ0v) is 30.0. The number of carbonyl (C=O) groups is 1. The van der Waals surface area contributed by atoms with Crippen LogP contribution >= 0.6 is 11.6 Å². The van der Waals surface area contributed by atoms with Crippen molar-refractivity contribution in [3.63, 3.8) is 0 Å². The van der Waals surface area contributed by atoms with E-state index in [0.29, 0.717) is 66.8 Å². The highest BCUT2D eigenvalue weighted by molar-refractivity contribution is 6.31. The molecule has 0 fully saturated rings. The highest BCUT2D eigenvalue weighted by atomic mass is 35.5. The SMILES string of the molecule is C=CCC[C@@H](c1ccc(-n2cc3cc(-c4cc(CCC[C@H](C)N)cc(Cl)c4F)[nH]c3nc2=O)cc1)N(CCCN=C(N)N)C(=O)OC(C)(C)C. The van der Waals surface area contributed by atoms with Crippen LogP contribution < -0.4 is 22.9 Å². The summed E-state index contributed by atoms with van der Waals surface area (Å²) < 4.78 is 22.4. The summed E-state index contributed by atoms with van der Waals surface area (Å²) in [6.07, 6.45) is 7.17. The first-order valence-corrected chi connectivity index (χ1v) is 17.2. The van der Waals surface area contributed by atoms with Crippen molar-refractivity contribution >= 4 is 34.7 Å². The van der Waals surface area contributed by atoms with Crippen LogP contribution in [0.5, 0.6) is 0 Å². The van der Waals surface area contributed by atoms with Gasteiger partial charge in [-0.2, -0.15) is 4.98 Å². The maximum absolute atomic E-state index is 15.2. The molecule has 0 spiro atoms. The van der Waals surface area contributed by atoms with E-state index in [1.54, 1.807) is 47.5 Å². The summed E-state index contributed by atoms with van der Waals surface area (Å²) in [4.78, 5) is 39.8. The Morgan fingerprint density at radius 3 is 2.54 bits per heavy atom. The van der Waals surface area contributed by atoms with Gasteiger partial charge in [0.25, 0.3) is 0 Å². The lowest BCUT2D eigenvalue weighted by atomic mass is 9.99. The van der Waals surface area contributed by atoms with Crippen LogP contribution in [-0.4, -0.2) is 56.2 Å². The van der Waals surface area contributed by atoms with Crippen LogP contribution in [0.15, 0.2) is 71.1 Å². The van der Waals surface area contributed by atoms with E-state index in [4.69, 9.17) is 33.5 Å². The third-order valence-electron chi connectivity index (χ3n) is 8.07. The molecule has 0 radical (unpaired) electrons. The third-order valence-corrected chi connectivity index (χ3v) is 8.34. The number of hydrogen-bond acceptors (Lipinski definition) is 6. The van der Waals surface area contributed by atoms with Gasteiger partial charge in [-0.05, 0) is 108 Å². The molecule has 4 rings (SSSR count). The Morgan fingerprint density at radius 2 is 1.90 bits per heavy atom. The normalized spacial score (nSPS) is 12.8. The van der Waals surface area contributed by atoms with Crippen LogP contribution in [0, 0.1) is 5.82 Å². The first-order valence-electron chi connectivity index (χ1n) is 16.8. The molecule has 1 amide bonds. The van der Waals surface area contributed by atoms with Crippen molar-refractivity contribution < 1.29 is 13.9 Å². The Morgan fingerprint density at radius 1 is 1.18 bits per heavy atom. The molecule has 2 aromatic carbocycles. The lowest BCUT2D eigenvalue weighted by molar-refractivity contribution is 0.0147. The fourth-order valence-corrected chi connectivity index (χ4v) is 5.96. The summed E-state index contributed by atoms with van der Waals surface area (Å²) >= 11 is 6.28. The van der Waals surface area contributed by atoms with Crippen LogP contribution in [0.4, 0.5) is 9.18 Å². The van der Waals surface area contributed by atoms with Crippen molar-refractivity contribution in [2.75, 3.05) is 13.1 Å². The molecule has 0 aliphatic carbocycles. The topological polar surface area (TPSA) is 171 Å². The Labute approximate surface area is 297 Å². The number of benzene rings is 2. The Hall–Kier alpha value is -4.68. The average molecular weight is 707 g/mol. The molecule has 0 bridgehead atoms. The summed E-state index contributed by atoms with van der Waals surface area (Å²) in [5.41, 5.74) is 19.1. The number of nitrogens with two attached hydrogens (primary N) is 3. The van der Waals surface area contributed by atoms with Crippen molar-refractivity contribution in [3.8, 4) is 16.9 Å². The zero-order chi connectivity index (χ0) is 36.6. The molecule has 7 N–H and O–H groups in total. The quantitative estimate of drug-likeness (QED) is 0.0458. The van der Waals surface area contributed by atoms with Gasteiger partial charge in [0.05, 0.1) is 22.4 Å². The van der Waals surface area contributed by atoms with Gasteiger partial charge in [0.2, 0.25) is 0 Å². The second-order valence-corrected chi connectivity index (χ2v) is 13.9. The van der Waals surface area contributed by atoms with Gasteiger partial charge in [-0.15, -0.1) is 6.58 Å². The zero-order valence-electron chi connectivity index (χ0n) is 29.2. The van der Waals surface area contributed by atoms with Crippen molar-refractivity contribution in [3.05, 3.63) is 93.8 Å². The summed E-state index contributed by atoms with van der Waals surface area (Å²) in [6, 6.07) is 12.2. The number of fused-ring (bicyclic) bond motifs is 1. The predicted octanol–water partition coefficient (Wildman–Crippen LogP) is 6.75. The molecule has 0 aliphatic heterocycles. The highest BCUT2D eigenvalue weighted by Crippen LogP contribution is 2.32. The highest BCUT2D eigenvalue weighted by Gasteiger charge is 2.29. The Balaban J connectivity index is 1.65. The lowest BCUT2D eigenvalue weighted by Crippen LogP contribution is -2.40. The van der Waals surface area contributed by atoms with E-state index < -0.39 is 23.2 Å². The minimum absolute atomic E-state index is 0.0130. The monoisotopic (exact) mass is 706 g/mol. The maximum atomic E-state index is 15.2. The fraction of sp³-hybridized carbons (Fsp3) is 0.405. The van der Waals surface area contributed by atoms with Crippen molar-refractivity contribution in [1.29, 1.82) is 0 Å². The van der Waals surface area contributed by atoms with Crippen LogP contribution in [-0.2, 0) is 11.2 Å². The molecule has 0 saturated heterocycles. The predicted molar refractivity (Wildman–Crippen MR) is 199 cm³/mol. The second-order valence-electron chi connectivity index (χ2n) is 13.5. The molecule has 2 atom stereocenters. The summed E-state index contributed by atoms with van der Waals surface area (Å²) in [7, 11) is 0. The van der Waals surface area contributed by atoms with Gasteiger partial charge in [0, 0.05) is 36.3 Å². The largest absolute Gasteiger partial charge is 0.444 e. The van der Waals surface area contributed by atoms with Gasteiger partial charge < -0.3 is 31.8 Å². The second kappa shape index (κ2) is 16.8. The molecule has 2 heterocycles. The van der Waals surface area contributed by atoms with Crippen molar-refractivity contribution in [2.45, 2.75) is 83.9 Å². The van der Waals surface area contributed by atoms with E-state index in [1.165, 1.54) is 4.57 Å². The molecule has 13 heteroatoms. The van der Waals surface area contributed by atoms with E-state index >= 15 is 4.39 Å². The molecular formula is C37H48ClFN8O3. The molecule has 0 unspecified atom stereocenters. The molecule has 50 heavy (non-hydrogen) atoms. The number of carbonyl (C=O) groups excluding carboxylic acids is 1. The minimum Gasteiger partial charge on any atom is -0.444 e. The minimum atomic E-state index is -0.697. The van der Waals surface area contributed by atoms with E-state index in [9.17, 15) is 9.59 Å². The number of aromatic amines is 1. The number of guanidine groups is 1. The molecule has 11 nitrogen and oxygen atoms in total. The Kier molecular flexibility index (Phi) is 12.8. The molecule has 4 aromatic rings. The molecule has 0 aliphatic rings. The van der Waals surface area contributed by atoms with E-state index in [0.717, 1.165) is 24.0 Å². The number of amides is 1. The van der Waals surface area contributed by atoms with Gasteiger partial charge >= 0.3 is 11.8 Å².